The maximum atomic E-state index is 13.3. The molecule has 0 radical (unpaired) electrons. The van der Waals surface area contributed by atoms with Crippen LogP contribution in [-0.4, -0.2) is 51.8 Å². The standard InChI is InChI=1S/C21H23N5O2/c1-15(2)26-20(27)18-6-4-3-5-17(18)19(23-26)21(28)25-13-11-24(12-14-25)16-7-9-22-10-8-16/h3-10,15H,11-14H2,1-2H3. The number of hydrogen-bond donors (Lipinski definition) is 0. The van der Waals surface area contributed by atoms with Gasteiger partial charge in [0.05, 0.1) is 11.4 Å². The molecule has 7 heteroatoms. The van der Waals surface area contributed by atoms with Crippen molar-refractivity contribution in [3.8, 4) is 0 Å². The van der Waals surface area contributed by atoms with E-state index in [2.05, 4.69) is 15.0 Å². The van der Waals surface area contributed by atoms with Gasteiger partial charge in [0.1, 0.15) is 0 Å². The lowest BCUT2D eigenvalue weighted by atomic mass is 10.1. The summed E-state index contributed by atoms with van der Waals surface area (Å²) >= 11 is 0. The van der Waals surface area contributed by atoms with Crippen LogP contribution in [-0.2, 0) is 0 Å². The molecule has 1 amide bonds. The van der Waals surface area contributed by atoms with Crippen LogP contribution in [0.15, 0.2) is 53.6 Å². The molecule has 0 unspecified atom stereocenters. The molecule has 1 fully saturated rings. The summed E-state index contributed by atoms with van der Waals surface area (Å²) in [6.45, 7) is 6.50. The van der Waals surface area contributed by atoms with Crippen molar-refractivity contribution < 1.29 is 4.79 Å². The number of amides is 1. The Kier molecular flexibility index (Phi) is 4.81. The van der Waals surface area contributed by atoms with E-state index in [4.69, 9.17) is 0 Å². The lowest BCUT2D eigenvalue weighted by Gasteiger charge is -2.36. The Morgan fingerprint density at radius 2 is 1.61 bits per heavy atom. The third-order valence-electron chi connectivity index (χ3n) is 5.11. The van der Waals surface area contributed by atoms with Crippen LogP contribution in [0.25, 0.3) is 10.8 Å². The molecular weight excluding hydrogens is 354 g/mol. The van der Waals surface area contributed by atoms with Gasteiger partial charge in [-0.15, -0.1) is 0 Å². The molecule has 0 spiro atoms. The second kappa shape index (κ2) is 7.42. The van der Waals surface area contributed by atoms with Gasteiger partial charge in [0, 0.05) is 49.6 Å². The Labute approximate surface area is 163 Å². The van der Waals surface area contributed by atoms with E-state index in [1.165, 1.54) is 4.68 Å². The highest BCUT2D eigenvalue weighted by atomic mass is 16.2. The van der Waals surface area contributed by atoms with Gasteiger partial charge in [0.15, 0.2) is 5.69 Å². The van der Waals surface area contributed by atoms with Crippen LogP contribution >= 0.6 is 0 Å². The fourth-order valence-corrected chi connectivity index (χ4v) is 3.59. The Balaban J connectivity index is 1.63. The van der Waals surface area contributed by atoms with Crippen LogP contribution < -0.4 is 10.5 Å². The Morgan fingerprint density at radius 1 is 0.964 bits per heavy atom. The Hall–Kier alpha value is -3.22. The van der Waals surface area contributed by atoms with Gasteiger partial charge >= 0.3 is 0 Å². The number of fused-ring (bicyclic) bond motifs is 1. The average molecular weight is 377 g/mol. The maximum Gasteiger partial charge on any atom is 0.275 e. The van der Waals surface area contributed by atoms with E-state index in [1.54, 1.807) is 24.5 Å². The lowest BCUT2D eigenvalue weighted by molar-refractivity contribution is 0.0740. The average Bonchev–Trinajstić information content (AvgIpc) is 2.74. The van der Waals surface area contributed by atoms with Crippen LogP contribution in [0.5, 0.6) is 0 Å². The number of nitrogens with zero attached hydrogens (tertiary/aromatic N) is 5. The van der Waals surface area contributed by atoms with Gasteiger partial charge in [-0.3, -0.25) is 14.6 Å². The first kappa shape index (κ1) is 18.2. The summed E-state index contributed by atoms with van der Waals surface area (Å²) in [4.78, 5) is 34.1. The topological polar surface area (TPSA) is 71.3 Å². The third-order valence-corrected chi connectivity index (χ3v) is 5.11. The second-order valence-corrected chi connectivity index (χ2v) is 7.22. The van der Waals surface area contributed by atoms with E-state index in [0.29, 0.717) is 29.6 Å². The molecule has 0 bridgehead atoms. The highest BCUT2D eigenvalue weighted by Crippen LogP contribution is 2.19. The quantitative estimate of drug-likeness (QED) is 0.701. The van der Waals surface area contributed by atoms with Crippen molar-refractivity contribution in [2.45, 2.75) is 19.9 Å². The van der Waals surface area contributed by atoms with Crippen molar-refractivity contribution in [1.82, 2.24) is 19.7 Å². The minimum Gasteiger partial charge on any atom is -0.368 e. The SMILES string of the molecule is CC(C)n1nc(C(=O)N2CCN(c3ccncc3)CC2)c2ccccc2c1=O. The van der Waals surface area contributed by atoms with Crippen molar-refractivity contribution in [3.05, 3.63) is 64.8 Å². The van der Waals surface area contributed by atoms with Crippen LogP contribution in [0.4, 0.5) is 5.69 Å². The van der Waals surface area contributed by atoms with Gasteiger partial charge in [-0.1, -0.05) is 18.2 Å². The monoisotopic (exact) mass is 377 g/mol. The molecule has 1 saturated heterocycles. The number of carbonyl (C=O) groups excluding carboxylic acids is 1. The summed E-state index contributed by atoms with van der Waals surface area (Å²) in [6.07, 6.45) is 3.55. The van der Waals surface area contributed by atoms with Crippen molar-refractivity contribution in [1.29, 1.82) is 0 Å². The van der Waals surface area contributed by atoms with E-state index in [1.807, 2.05) is 43.0 Å². The molecule has 28 heavy (non-hydrogen) atoms. The second-order valence-electron chi connectivity index (χ2n) is 7.22. The molecule has 0 atom stereocenters. The summed E-state index contributed by atoms with van der Waals surface area (Å²) in [5.41, 5.74) is 1.30. The van der Waals surface area contributed by atoms with Crippen LogP contribution in [0.1, 0.15) is 30.4 Å². The molecule has 0 aliphatic carbocycles. The van der Waals surface area contributed by atoms with Crippen molar-refractivity contribution in [2.75, 3.05) is 31.1 Å². The number of aromatic nitrogens is 3. The maximum absolute atomic E-state index is 13.3. The van der Waals surface area contributed by atoms with Crippen LogP contribution in [0.3, 0.4) is 0 Å². The van der Waals surface area contributed by atoms with E-state index in [-0.39, 0.29) is 17.5 Å². The predicted molar refractivity (Wildman–Crippen MR) is 109 cm³/mol. The molecule has 1 aliphatic heterocycles. The van der Waals surface area contributed by atoms with Crippen LogP contribution in [0.2, 0.25) is 0 Å². The predicted octanol–water partition coefficient (Wildman–Crippen LogP) is 2.33. The van der Waals surface area contributed by atoms with Gasteiger partial charge in [-0.2, -0.15) is 5.10 Å². The highest BCUT2D eigenvalue weighted by Gasteiger charge is 2.26. The summed E-state index contributed by atoms with van der Waals surface area (Å²) in [5.74, 6) is -0.125. The molecule has 7 nitrogen and oxygen atoms in total. The molecule has 4 rings (SSSR count). The van der Waals surface area contributed by atoms with E-state index in [0.717, 1.165) is 18.8 Å². The molecule has 0 N–H and O–H groups in total. The van der Waals surface area contributed by atoms with Gasteiger partial charge in [-0.05, 0) is 32.0 Å². The number of carbonyl (C=O) groups is 1. The molecule has 2 aromatic heterocycles. The number of hydrogen-bond acceptors (Lipinski definition) is 5. The normalized spacial score (nSPS) is 14.7. The molecule has 3 heterocycles. The minimum absolute atomic E-state index is 0.118. The molecule has 0 saturated carbocycles. The fraction of sp³-hybridized carbons (Fsp3) is 0.333. The first-order valence-corrected chi connectivity index (χ1v) is 9.52. The zero-order valence-electron chi connectivity index (χ0n) is 16.1. The number of piperazine rings is 1. The van der Waals surface area contributed by atoms with Crippen molar-refractivity contribution in [3.63, 3.8) is 0 Å². The van der Waals surface area contributed by atoms with Crippen molar-refractivity contribution >= 4 is 22.4 Å². The molecule has 3 aromatic rings. The first-order valence-electron chi connectivity index (χ1n) is 9.52. The molecule has 1 aromatic carbocycles. The Bertz CT molecular complexity index is 1050. The minimum atomic E-state index is -0.162. The molecule has 144 valence electrons. The lowest BCUT2D eigenvalue weighted by Crippen LogP contribution is -2.49. The van der Waals surface area contributed by atoms with E-state index >= 15 is 0 Å². The summed E-state index contributed by atoms with van der Waals surface area (Å²) < 4.78 is 1.41. The number of anilines is 1. The Morgan fingerprint density at radius 3 is 2.25 bits per heavy atom. The number of rotatable bonds is 3. The smallest absolute Gasteiger partial charge is 0.275 e. The number of pyridine rings is 1. The molecular formula is C21H23N5O2. The zero-order chi connectivity index (χ0) is 19.7. The highest BCUT2D eigenvalue weighted by molar-refractivity contribution is 6.04. The van der Waals surface area contributed by atoms with E-state index in [9.17, 15) is 9.59 Å². The first-order chi connectivity index (χ1) is 13.6. The third kappa shape index (κ3) is 3.24. The van der Waals surface area contributed by atoms with Gasteiger partial charge in [0.2, 0.25) is 0 Å². The fourth-order valence-electron chi connectivity index (χ4n) is 3.59. The van der Waals surface area contributed by atoms with E-state index < -0.39 is 0 Å². The van der Waals surface area contributed by atoms with Crippen molar-refractivity contribution in [2.24, 2.45) is 0 Å². The number of benzene rings is 1. The summed E-state index contributed by atoms with van der Waals surface area (Å²) in [7, 11) is 0. The van der Waals surface area contributed by atoms with Crippen LogP contribution in [0, 0.1) is 0 Å². The van der Waals surface area contributed by atoms with Gasteiger partial charge < -0.3 is 9.80 Å². The molecule has 1 aliphatic rings. The summed E-state index contributed by atoms with van der Waals surface area (Å²) in [6, 6.07) is 11.0. The largest absolute Gasteiger partial charge is 0.368 e. The summed E-state index contributed by atoms with van der Waals surface area (Å²) in [5, 5.41) is 5.59. The van der Waals surface area contributed by atoms with Gasteiger partial charge in [0.25, 0.3) is 11.5 Å². The zero-order valence-corrected chi connectivity index (χ0v) is 16.1. The van der Waals surface area contributed by atoms with Gasteiger partial charge in [-0.25, -0.2) is 4.68 Å².